The van der Waals surface area contributed by atoms with Gasteiger partial charge in [0.1, 0.15) is 0 Å². The van der Waals surface area contributed by atoms with E-state index in [9.17, 15) is 22.8 Å². The molecule has 25 heavy (non-hydrogen) atoms. The van der Waals surface area contributed by atoms with E-state index in [2.05, 4.69) is 0 Å². The van der Waals surface area contributed by atoms with Gasteiger partial charge in [-0.2, -0.15) is 13.2 Å². The van der Waals surface area contributed by atoms with Gasteiger partial charge < -0.3 is 10.0 Å². The molecule has 0 bridgehead atoms. The van der Waals surface area contributed by atoms with Gasteiger partial charge in [0, 0.05) is 25.4 Å². The molecule has 1 aliphatic rings. The quantitative estimate of drug-likeness (QED) is 0.876. The minimum atomic E-state index is -4.39. The summed E-state index contributed by atoms with van der Waals surface area (Å²) in [5.74, 6) is -1.26. The smallest absolute Gasteiger partial charge is 0.416 e. The Morgan fingerprint density at radius 1 is 1.28 bits per heavy atom. The van der Waals surface area contributed by atoms with Crippen molar-refractivity contribution in [2.24, 2.45) is 11.8 Å². The molecule has 1 saturated heterocycles. The number of hydrogen-bond acceptors (Lipinski definition) is 2. The maximum atomic E-state index is 12.8. The highest BCUT2D eigenvalue weighted by molar-refractivity contribution is 5.79. The summed E-state index contributed by atoms with van der Waals surface area (Å²) in [6.45, 7) is 2.72. The fraction of sp³-hybridized carbons (Fsp3) is 0.556. The van der Waals surface area contributed by atoms with Crippen LogP contribution in [-0.2, 0) is 22.2 Å². The monoisotopic (exact) mass is 357 g/mol. The number of rotatable bonds is 5. The molecule has 0 saturated carbocycles. The maximum Gasteiger partial charge on any atom is 0.416 e. The lowest BCUT2D eigenvalue weighted by Crippen LogP contribution is -2.42. The van der Waals surface area contributed by atoms with Gasteiger partial charge in [-0.25, -0.2) is 0 Å². The predicted octanol–water partition coefficient (Wildman–Crippen LogP) is 3.60. The summed E-state index contributed by atoms with van der Waals surface area (Å²) in [5.41, 5.74) is -0.226. The predicted molar refractivity (Wildman–Crippen MR) is 85.9 cm³/mol. The van der Waals surface area contributed by atoms with Crippen LogP contribution in [0.25, 0.3) is 0 Å². The van der Waals surface area contributed by atoms with Crippen LogP contribution in [0.5, 0.6) is 0 Å². The molecule has 1 amide bonds. The Kier molecular flexibility index (Phi) is 6.08. The van der Waals surface area contributed by atoms with Gasteiger partial charge in [0.2, 0.25) is 5.91 Å². The number of likely N-dealkylation sites (tertiary alicyclic amines) is 1. The Balaban J connectivity index is 1.92. The van der Waals surface area contributed by atoms with Gasteiger partial charge in [-0.1, -0.05) is 25.1 Å². The molecule has 1 unspecified atom stereocenters. The Morgan fingerprint density at radius 2 is 1.92 bits per heavy atom. The molecule has 7 heteroatoms. The number of carbonyl (C=O) groups is 2. The number of aliphatic carboxylic acids is 1. The van der Waals surface area contributed by atoms with Crippen molar-refractivity contribution in [1.29, 1.82) is 0 Å². The molecule has 1 fully saturated rings. The van der Waals surface area contributed by atoms with Crippen LogP contribution in [0.3, 0.4) is 0 Å². The van der Waals surface area contributed by atoms with Crippen molar-refractivity contribution in [3.8, 4) is 0 Å². The fourth-order valence-corrected chi connectivity index (χ4v) is 3.23. The van der Waals surface area contributed by atoms with Crippen LogP contribution in [0.1, 0.15) is 37.3 Å². The van der Waals surface area contributed by atoms with E-state index >= 15 is 0 Å². The third-order valence-electron chi connectivity index (χ3n) is 4.61. The Labute approximate surface area is 144 Å². The van der Waals surface area contributed by atoms with Gasteiger partial charge in [0.05, 0.1) is 5.56 Å². The summed E-state index contributed by atoms with van der Waals surface area (Å²) in [7, 11) is 0. The highest BCUT2D eigenvalue weighted by Gasteiger charge is 2.31. The topological polar surface area (TPSA) is 57.6 Å². The fourth-order valence-electron chi connectivity index (χ4n) is 3.23. The van der Waals surface area contributed by atoms with Gasteiger partial charge in [0.25, 0.3) is 0 Å². The van der Waals surface area contributed by atoms with Crippen molar-refractivity contribution in [1.82, 2.24) is 4.90 Å². The number of benzene rings is 1. The molecule has 1 aromatic carbocycles. The van der Waals surface area contributed by atoms with Gasteiger partial charge >= 0.3 is 12.1 Å². The summed E-state index contributed by atoms with van der Waals surface area (Å²) < 4.78 is 38.3. The van der Waals surface area contributed by atoms with Crippen molar-refractivity contribution in [2.45, 2.75) is 38.8 Å². The van der Waals surface area contributed by atoms with Crippen molar-refractivity contribution in [3.05, 3.63) is 35.4 Å². The lowest BCUT2D eigenvalue weighted by Gasteiger charge is -2.33. The number of nitrogens with zero attached hydrogens (tertiary/aromatic N) is 1. The van der Waals surface area contributed by atoms with E-state index in [1.54, 1.807) is 17.9 Å². The van der Waals surface area contributed by atoms with E-state index in [4.69, 9.17) is 5.11 Å². The standard InChI is InChI=1S/C18H22F3NO3/c1-12(9-14-3-2-4-15(10-14)18(19,20)21)17(25)22-7-5-13(6-8-22)11-16(23)24/h2-4,10,12-13H,5-9,11H2,1H3,(H,23,24). The molecule has 1 heterocycles. The second kappa shape index (κ2) is 7.89. The van der Waals surface area contributed by atoms with Gasteiger partial charge in [-0.05, 0) is 36.8 Å². The Morgan fingerprint density at radius 3 is 2.48 bits per heavy atom. The molecule has 138 valence electrons. The summed E-state index contributed by atoms with van der Waals surface area (Å²) in [5, 5.41) is 8.81. The number of carboxylic acid groups (broad SMARTS) is 1. The van der Waals surface area contributed by atoms with Gasteiger partial charge in [-0.15, -0.1) is 0 Å². The number of piperidine rings is 1. The maximum absolute atomic E-state index is 12.8. The second-order valence-corrected chi connectivity index (χ2v) is 6.67. The molecule has 2 rings (SSSR count). The lowest BCUT2D eigenvalue weighted by molar-refractivity contribution is -0.139. The first-order chi connectivity index (χ1) is 11.7. The molecular weight excluding hydrogens is 335 g/mol. The van der Waals surface area contributed by atoms with Crippen LogP contribution in [0.15, 0.2) is 24.3 Å². The van der Waals surface area contributed by atoms with Gasteiger partial charge in [-0.3, -0.25) is 9.59 Å². The number of alkyl halides is 3. The minimum Gasteiger partial charge on any atom is -0.481 e. The van der Waals surface area contributed by atoms with Crippen molar-refractivity contribution in [2.75, 3.05) is 13.1 Å². The van der Waals surface area contributed by atoms with E-state index in [0.29, 0.717) is 31.5 Å². The van der Waals surface area contributed by atoms with Crippen molar-refractivity contribution in [3.63, 3.8) is 0 Å². The zero-order valence-corrected chi connectivity index (χ0v) is 14.1. The van der Waals surface area contributed by atoms with Crippen LogP contribution in [-0.4, -0.2) is 35.0 Å². The summed E-state index contributed by atoms with van der Waals surface area (Å²) >= 11 is 0. The highest BCUT2D eigenvalue weighted by Crippen LogP contribution is 2.30. The van der Waals surface area contributed by atoms with E-state index in [1.165, 1.54) is 6.07 Å². The number of carbonyl (C=O) groups excluding carboxylic acids is 1. The molecule has 0 aliphatic carbocycles. The number of hydrogen-bond donors (Lipinski definition) is 1. The average molecular weight is 357 g/mol. The first-order valence-corrected chi connectivity index (χ1v) is 8.33. The minimum absolute atomic E-state index is 0.0836. The Bertz CT molecular complexity index is 622. The molecule has 1 N–H and O–H groups in total. The first-order valence-electron chi connectivity index (χ1n) is 8.33. The second-order valence-electron chi connectivity index (χ2n) is 6.67. The van der Waals surface area contributed by atoms with Crippen LogP contribution in [0.2, 0.25) is 0 Å². The third-order valence-corrected chi connectivity index (χ3v) is 4.61. The zero-order valence-electron chi connectivity index (χ0n) is 14.1. The van der Waals surface area contributed by atoms with Crippen LogP contribution < -0.4 is 0 Å². The van der Waals surface area contributed by atoms with E-state index in [1.807, 2.05) is 0 Å². The van der Waals surface area contributed by atoms with Gasteiger partial charge in [0.15, 0.2) is 0 Å². The summed E-state index contributed by atoms with van der Waals surface area (Å²) in [6.07, 6.45) is -2.74. The molecule has 0 radical (unpaired) electrons. The van der Waals surface area contributed by atoms with E-state index in [0.717, 1.165) is 12.1 Å². The third kappa shape index (κ3) is 5.47. The van der Waals surface area contributed by atoms with E-state index in [-0.39, 0.29) is 24.7 Å². The SMILES string of the molecule is CC(Cc1cccc(C(F)(F)F)c1)C(=O)N1CCC(CC(=O)O)CC1. The molecule has 0 spiro atoms. The largest absolute Gasteiger partial charge is 0.481 e. The Hall–Kier alpha value is -2.05. The normalized spacial score (nSPS) is 17.4. The molecular formula is C18H22F3NO3. The summed E-state index contributed by atoms with van der Waals surface area (Å²) in [4.78, 5) is 24.9. The summed E-state index contributed by atoms with van der Waals surface area (Å²) in [6, 6.07) is 5.05. The first kappa shape index (κ1) is 19.3. The van der Waals surface area contributed by atoms with E-state index < -0.39 is 23.6 Å². The number of carboxylic acids is 1. The number of halogens is 3. The molecule has 1 aromatic rings. The van der Waals surface area contributed by atoms with Crippen molar-refractivity contribution >= 4 is 11.9 Å². The number of amides is 1. The van der Waals surface area contributed by atoms with Crippen molar-refractivity contribution < 1.29 is 27.9 Å². The lowest BCUT2D eigenvalue weighted by atomic mass is 9.92. The molecule has 1 aliphatic heterocycles. The molecule has 4 nitrogen and oxygen atoms in total. The van der Waals surface area contributed by atoms with Crippen LogP contribution in [0, 0.1) is 11.8 Å². The zero-order chi connectivity index (χ0) is 18.6. The highest BCUT2D eigenvalue weighted by atomic mass is 19.4. The molecule has 1 atom stereocenters. The average Bonchev–Trinajstić information content (AvgIpc) is 2.54. The van der Waals surface area contributed by atoms with Crippen LogP contribution in [0.4, 0.5) is 13.2 Å². The molecule has 0 aromatic heterocycles. The van der Waals surface area contributed by atoms with Crippen LogP contribution >= 0.6 is 0 Å².